The van der Waals surface area contributed by atoms with Gasteiger partial charge in [0.25, 0.3) is 0 Å². The number of carbonyl (C=O) groups is 2. The van der Waals surface area contributed by atoms with E-state index in [4.69, 9.17) is 9.47 Å². The first-order valence-electron chi connectivity index (χ1n) is 10.8. The zero-order valence-electron chi connectivity index (χ0n) is 18.5. The lowest BCUT2D eigenvalue weighted by Gasteiger charge is -2.22. The van der Waals surface area contributed by atoms with E-state index in [2.05, 4.69) is 5.32 Å². The van der Waals surface area contributed by atoms with Crippen molar-refractivity contribution in [3.8, 4) is 11.5 Å². The number of rotatable bonds is 4. The Kier molecular flexibility index (Phi) is 5.72. The number of hydrogen-bond donors (Lipinski definition) is 1. The third-order valence-electron chi connectivity index (χ3n) is 5.81. The van der Waals surface area contributed by atoms with Gasteiger partial charge in [-0.15, -0.1) is 11.8 Å². The molecular formula is C26H24N2O4S. The summed E-state index contributed by atoms with van der Waals surface area (Å²) < 4.78 is 10.9. The third-order valence-corrected chi connectivity index (χ3v) is 7.13. The lowest BCUT2D eigenvalue weighted by Crippen LogP contribution is -2.38. The smallest absolute Gasteiger partial charge is 0.244 e. The van der Waals surface area contributed by atoms with Crippen LogP contribution in [-0.4, -0.2) is 25.2 Å². The molecule has 1 unspecified atom stereocenters. The average molecular weight is 461 g/mol. The minimum atomic E-state index is -0.225. The van der Waals surface area contributed by atoms with Crippen LogP contribution in [-0.2, 0) is 9.59 Å². The number of benzene rings is 3. The molecule has 168 valence electrons. The first-order valence-corrected chi connectivity index (χ1v) is 11.7. The Morgan fingerprint density at radius 2 is 1.88 bits per heavy atom. The van der Waals surface area contributed by atoms with Gasteiger partial charge in [-0.25, -0.2) is 0 Å². The predicted octanol–water partition coefficient (Wildman–Crippen LogP) is 5.24. The first kappa shape index (κ1) is 21.4. The highest BCUT2D eigenvalue weighted by molar-refractivity contribution is 7.99. The quantitative estimate of drug-likeness (QED) is 0.577. The summed E-state index contributed by atoms with van der Waals surface area (Å²) in [6.07, 6.45) is 0.274. The van der Waals surface area contributed by atoms with Gasteiger partial charge in [-0.2, -0.15) is 0 Å². The summed E-state index contributed by atoms with van der Waals surface area (Å²) in [6.45, 7) is 4.14. The molecule has 3 aromatic carbocycles. The second kappa shape index (κ2) is 8.83. The SMILES string of the molecule is Cc1ccc(NC(=O)CN2C(=O)CC(c3ccc4c(c3)OCO4)Sc3ccccc32)c(C)c1. The number of thioether (sulfide) groups is 1. The van der Waals surface area contributed by atoms with Crippen LogP contribution in [0.4, 0.5) is 11.4 Å². The van der Waals surface area contributed by atoms with Crippen LogP contribution in [0.5, 0.6) is 11.5 Å². The summed E-state index contributed by atoms with van der Waals surface area (Å²) in [6, 6.07) is 19.4. The van der Waals surface area contributed by atoms with Gasteiger partial charge >= 0.3 is 0 Å². The van der Waals surface area contributed by atoms with Gasteiger partial charge in [0, 0.05) is 22.3 Å². The molecule has 0 spiro atoms. The number of fused-ring (bicyclic) bond motifs is 2. The molecule has 0 fully saturated rings. The zero-order valence-corrected chi connectivity index (χ0v) is 19.3. The first-order chi connectivity index (χ1) is 16.0. The summed E-state index contributed by atoms with van der Waals surface area (Å²) in [5.74, 6) is 1.10. The van der Waals surface area contributed by atoms with Crippen molar-refractivity contribution < 1.29 is 19.1 Å². The highest BCUT2D eigenvalue weighted by Crippen LogP contribution is 2.47. The Labute approximate surface area is 196 Å². The molecule has 2 amide bonds. The molecule has 0 saturated carbocycles. The fraction of sp³-hybridized carbons (Fsp3) is 0.231. The summed E-state index contributed by atoms with van der Waals surface area (Å²) in [7, 11) is 0. The van der Waals surface area contributed by atoms with E-state index >= 15 is 0 Å². The van der Waals surface area contributed by atoms with Crippen molar-refractivity contribution in [2.75, 3.05) is 23.6 Å². The summed E-state index contributed by atoms with van der Waals surface area (Å²) in [5, 5.41) is 2.86. The molecule has 0 bridgehead atoms. The van der Waals surface area contributed by atoms with Crippen molar-refractivity contribution in [3.63, 3.8) is 0 Å². The monoisotopic (exact) mass is 460 g/mol. The van der Waals surface area contributed by atoms with Gasteiger partial charge in [0.2, 0.25) is 18.6 Å². The molecule has 5 rings (SSSR count). The number of ether oxygens (including phenoxy) is 2. The molecule has 0 saturated heterocycles. The number of nitrogens with zero attached hydrogens (tertiary/aromatic N) is 1. The van der Waals surface area contributed by atoms with Gasteiger partial charge in [-0.1, -0.05) is 35.9 Å². The van der Waals surface area contributed by atoms with Crippen LogP contribution in [0, 0.1) is 13.8 Å². The van der Waals surface area contributed by atoms with Gasteiger partial charge in [0.1, 0.15) is 6.54 Å². The number of anilines is 2. The molecule has 3 aromatic rings. The van der Waals surface area contributed by atoms with Crippen molar-refractivity contribution in [2.45, 2.75) is 30.4 Å². The van der Waals surface area contributed by atoms with E-state index in [0.717, 1.165) is 33.0 Å². The summed E-state index contributed by atoms with van der Waals surface area (Å²) in [4.78, 5) is 28.8. The maximum Gasteiger partial charge on any atom is 0.244 e. The standard InChI is InChI=1S/C26H24N2O4S/c1-16-7-9-19(17(2)11-16)27-25(29)14-28-20-5-3-4-6-23(20)33-24(13-26(28)30)18-8-10-21-22(12-18)32-15-31-21/h3-12,24H,13-15H2,1-2H3,(H,27,29). The number of amides is 2. The van der Waals surface area contributed by atoms with Crippen molar-refractivity contribution in [1.82, 2.24) is 0 Å². The normalized spacial score (nSPS) is 16.8. The molecule has 0 aliphatic carbocycles. The van der Waals surface area contributed by atoms with Crippen LogP contribution in [0.2, 0.25) is 0 Å². The van der Waals surface area contributed by atoms with Crippen LogP contribution < -0.4 is 19.7 Å². The topological polar surface area (TPSA) is 67.9 Å². The van der Waals surface area contributed by atoms with E-state index in [-0.39, 0.29) is 36.8 Å². The molecule has 1 atom stereocenters. The number of nitrogens with one attached hydrogen (secondary N) is 1. The summed E-state index contributed by atoms with van der Waals surface area (Å²) in [5.41, 5.74) is 4.63. The van der Waals surface area contributed by atoms with Gasteiger partial charge < -0.3 is 19.7 Å². The lowest BCUT2D eigenvalue weighted by atomic mass is 10.1. The zero-order chi connectivity index (χ0) is 22.9. The molecule has 7 heteroatoms. The van der Waals surface area contributed by atoms with E-state index < -0.39 is 0 Å². The average Bonchev–Trinajstić information content (AvgIpc) is 3.22. The van der Waals surface area contributed by atoms with Crippen molar-refractivity contribution >= 4 is 35.0 Å². The highest BCUT2D eigenvalue weighted by atomic mass is 32.2. The molecule has 0 radical (unpaired) electrons. The second-order valence-corrected chi connectivity index (χ2v) is 9.48. The Balaban J connectivity index is 1.39. The van der Waals surface area contributed by atoms with Crippen molar-refractivity contribution in [3.05, 3.63) is 77.4 Å². The van der Waals surface area contributed by atoms with Gasteiger partial charge in [0.15, 0.2) is 11.5 Å². The number of hydrogen-bond acceptors (Lipinski definition) is 5. The fourth-order valence-electron chi connectivity index (χ4n) is 4.14. The largest absolute Gasteiger partial charge is 0.454 e. The molecule has 0 aromatic heterocycles. The van der Waals surface area contributed by atoms with Gasteiger partial charge in [-0.3, -0.25) is 9.59 Å². The molecule has 2 heterocycles. The van der Waals surface area contributed by atoms with Crippen LogP contribution in [0.15, 0.2) is 65.6 Å². The van der Waals surface area contributed by atoms with E-state index in [1.807, 2.05) is 74.5 Å². The minimum Gasteiger partial charge on any atom is -0.454 e. The van der Waals surface area contributed by atoms with Crippen LogP contribution in [0.25, 0.3) is 0 Å². The van der Waals surface area contributed by atoms with Gasteiger partial charge in [0.05, 0.1) is 5.69 Å². The second-order valence-electron chi connectivity index (χ2n) is 8.24. The Hall–Kier alpha value is -3.45. The molecule has 6 nitrogen and oxygen atoms in total. The number of aryl methyl sites for hydroxylation is 2. The lowest BCUT2D eigenvalue weighted by molar-refractivity contribution is -0.121. The fourth-order valence-corrected chi connectivity index (χ4v) is 5.41. The predicted molar refractivity (Wildman–Crippen MR) is 129 cm³/mol. The van der Waals surface area contributed by atoms with E-state index in [0.29, 0.717) is 11.5 Å². The Morgan fingerprint density at radius 1 is 1.06 bits per heavy atom. The highest BCUT2D eigenvalue weighted by Gasteiger charge is 2.31. The number of carbonyl (C=O) groups excluding carboxylic acids is 2. The van der Waals surface area contributed by atoms with Crippen molar-refractivity contribution in [1.29, 1.82) is 0 Å². The third kappa shape index (κ3) is 4.41. The maximum absolute atomic E-state index is 13.4. The molecule has 1 N–H and O–H groups in total. The van der Waals surface area contributed by atoms with Crippen molar-refractivity contribution in [2.24, 2.45) is 0 Å². The molecule has 2 aliphatic heterocycles. The van der Waals surface area contributed by atoms with E-state index in [1.165, 1.54) is 0 Å². The maximum atomic E-state index is 13.4. The Bertz CT molecular complexity index is 1240. The van der Waals surface area contributed by atoms with Crippen LogP contribution in [0.1, 0.15) is 28.4 Å². The van der Waals surface area contributed by atoms with Gasteiger partial charge in [-0.05, 0) is 55.3 Å². The van der Waals surface area contributed by atoms with E-state index in [9.17, 15) is 9.59 Å². The van der Waals surface area contributed by atoms with Crippen LogP contribution >= 0.6 is 11.8 Å². The van der Waals surface area contributed by atoms with E-state index in [1.54, 1.807) is 16.7 Å². The molecular weight excluding hydrogens is 436 g/mol. The van der Waals surface area contributed by atoms with Crippen LogP contribution in [0.3, 0.4) is 0 Å². The molecule has 2 aliphatic rings. The Morgan fingerprint density at radius 3 is 2.73 bits per heavy atom. The summed E-state index contributed by atoms with van der Waals surface area (Å²) >= 11 is 1.63. The minimum absolute atomic E-state index is 0.0441. The number of para-hydroxylation sites is 1. The molecule has 33 heavy (non-hydrogen) atoms.